The molecule has 0 aliphatic rings. The standard InChI is InChI=1S/C19H26N4O3/c1-5-9-20-18-12-15(22-13(2)23-18)19(24)21-10-8-14-6-7-16(25-3)17(11-14)26-4/h6-7,11-12H,5,8-10H2,1-4H3,(H,21,24)(H,20,22,23). The fourth-order valence-corrected chi connectivity index (χ4v) is 2.47. The van der Waals surface area contributed by atoms with Gasteiger partial charge in [-0.2, -0.15) is 0 Å². The van der Waals surface area contributed by atoms with Crippen molar-refractivity contribution < 1.29 is 14.3 Å². The highest BCUT2D eigenvalue weighted by Crippen LogP contribution is 2.27. The Kier molecular flexibility index (Phi) is 7.20. The lowest BCUT2D eigenvalue weighted by Crippen LogP contribution is -2.27. The Morgan fingerprint density at radius 2 is 1.85 bits per heavy atom. The highest BCUT2D eigenvalue weighted by Gasteiger charge is 2.10. The molecular weight excluding hydrogens is 332 g/mol. The molecule has 0 spiro atoms. The minimum absolute atomic E-state index is 0.212. The summed E-state index contributed by atoms with van der Waals surface area (Å²) < 4.78 is 10.5. The Morgan fingerprint density at radius 3 is 2.54 bits per heavy atom. The number of ether oxygens (including phenoxy) is 2. The monoisotopic (exact) mass is 358 g/mol. The van der Waals surface area contributed by atoms with Gasteiger partial charge in [-0.05, 0) is 37.5 Å². The van der Waals surface area contributed by atoms with Crippen molar-refractivity contribution in [2.75, 3.05) is 32.6 Å². The number of carbonyl (C=O) groups excluding carboxylic acids is 1. The lowest BCUT2D eigenvalue weighted by atomic mass is 10.1. The molecule has 1 heterocycles. The van der Waals surface area contributed by atoms with Gasteiger partial charge in [-0.25, -0.2) is 9.97 Å². The summed E-state index contributed by atoms with van der Waals surface area (Å²) in [6.45, 7) is 5.15. The van der Waals surface area contributed by atoms with Gasteiger partial charge in [0.1, 0.15) is 17.3 Å². The zero-order valence-electron chi connectivity index (χ0n) is 15.8. The van der Waals surface area contributed by atoms with Crippen molar-refractivity contribution in [1.29, 1.82) is 0 Å². The molecule has 0 radical (unpaired) electrons. The quantitative estimate of drug-likeness (QED) is 0.717. The molecule has 0 bridgehead atoms. The first-order valence-electron chi connectivity index (χ1n) is 8.66. The summed E-state index contributed by atoms with van der Waals surface area (Å²) in [5.74, 6) is 2.38. The molecule has 0 saturated carbocycles. The molecule has 0 unspecified atom stereocenters. The average Bonchev–Trinajstić information content (AvgIpc) is 2.65. The van der Waals surface area contributed by atoms with Gasteiger partial charge >= 0.3 is 0 Å². The summed E-state index contributed by atoms with van der Waals surface area (Å²) in [5, 5.41) is 6.07. The van der Waals surface area contributed by atoms with Crippen molar-refractivity contribution in [1.82, 2.24) is 15.3 Å². The highest BCUT2D eigenvalue weighted by atomic mass is 16.5. The van der Waals surface area contributed by atoms with E-state index in [-0.39, 0.29) is 5.91 Å². The Labute approximate surface area is 154 Å². The van der Waals surface area contributed by atoms with Gasteiger partial charge in [0.05, 0.1) is 14.2 Å². The summed E-state index contributed by atoms with van der Waals surface area (Å²) in [7, 11) is 3.20. The van der Waals surface area contributed by atoms with Crippen LogP contribution in [0.1, 0.15) is 35.2 Å². The maximum atomic E-state index is 12.4. The van der Waals surface area contributed by atoms with E-state index in [0.29, 0.717) is 41.8 Å². The van der Waals surface area contributed by atoms with Crippen LogP contribution in [0.25, 0.3) is 0 Å². The van der Waals surface area contributed by atoms with Gasteiger partial charge in [0.2, 0.25) is 0 Å². The number of nitrogens with zero attached hydrogens (tertiary/aromatic N) is 2. The molecule has 1 aromatic carbocycles. The molecule has 0 aliphatic carbocycles. The van der Waals surface area contributed by atoms with E-state index in [1.54, 1.807) is 27.2 Å². The van der Waals surface area contributed by atoms with Crippen molar-refractivity contribution in [2.24, 2.45) is 0 Å². The van der Waals surface area contributed by atoms with Crippen molar-refractivity contribution in [3.63, 3.8) is 0 Å². The molecule has 0 aliphatic heterocycles. The van der Waals surface area contributed by atoms with Crippen LogP contribution in [0, 0.1) is 6.92 Å². The van der Waals surface area contributed by atoms with Gasteiger partial charge in [-0.1, -0.05) is 13.0 Å². The molecule has 7 nitrogen and oxygen atoms in total. The maximum Gasteiger partial charge on any atom is 0.270 e. The number of hydrogen-bond acceptors (Lipinski definition) is 6. The van der Waals surface area contributed by atoms with E-state index in [2.05, 4.69) is 27.5 Å². The number of aryl methyl sites for hydroxylation is 1. The number of methoxy groups -OCH3 is 2. The predicted molar refractivity (Wildman–Crippen MR) is 101 cm³/mol. The fraction of sp³-hybridized carbons (Fsp3) is 0.421. The van der Waals surface area contributed by atoms with Crippen molar-refractivity contribution >= 4 is 11.7 Å². The predicted octanol–water partition coefficient (Wildman–Crippen LogP) is 2.60. The number of benzene rings is 1. The van der Waals surface area contributed by atoms with Crippen LogP contribution < -0.4 is 20.1 Å². The van der Waals surface area contributed by atoms with Crippen LogP contribution in [0.4, 0.5) is 5.82 Å². The van der Waals surface area contributed by atoms with Gasteiger partial charge in [0.25, 0.3) is 5.91 Å². The molecule has 0 fully saturated rings. The molecule has 2 rings (SSSR count). The maximum absolute atomic E-state index is 12.4. The van der Waals surface area contributed by atoms with E-state index in [4.69, 9.17) is 9.47 Å². The minimum atomic E-state index is -0.212. The number of amides is 1. The third-order valence-electron chi connectivity index (χ3n) is 3.77. The van der Waals surface area contributed by atoms with Crippen LogP contribution in [-0.2, 0) is 6.42 Å². The van der Waals surface area contributed by atoms with Gasteiger partial charge in [0, 0.05) is 19.2 Å². The minimum Gasteiger partial charge on any atom is -0.493 e. The number of carbonyl (C=O) groups is 1. The normalized spacial score (nSPS) is 10.3. The second-order valence-electron chi connectivity index (χ2n) is 5.81. The van der Waals surface area contributed by atoms with E-state index < -0.39 is 0 Å². The number of rotatable bonds is 9. The summed E-state index contributed by atoms with van der Waals surface area (Å²) in [6, 6.07) is 7.39. The van der Waals surface area contributed by atoms with E-state index in [1.165, 1.54) is 0 Å². The Hall–Kier alpha value is -2.83. The molecule has 7 heteroatoms. The lowest BCUT2D eigenvalue weighted by Gasteiger charge is -2.10. The molecule has 0 saturated heterocycles. The smallest absolute Gasteiger partial charge is 0.270 e. The largest absolute Gasteiger partial charge is 0.493 e. The molecule has 2 N–H and O–H groups in total. The number of hydrogen-bond donors (Lipinski definition) is 2. The van der Waals surface area contributed by atoms with Crippen LogP contribution in [-0.4, -0.2) is 43.2 Å². The van der Waals surface area contributed by atoms with Gasteiger partial charge in [0.15, 0.2) is 11.5 Å². The Morgan fingerprint density at radius 1 is 1.08 bits per heavy atom. The van der Waals surface area contributed by atoms with Crippen LogP contribution in [0.2, 0.25) is 0 Å². The second kappa shape index (κ2) is 9.60. The SMILES string of the molecule is CCCNc1cc(C(=O)NCCc2ccc(OC)c(OC)c2)nc(C)n1. The molecule has 1 amide bonds. The molecule has 140 valence electrons. The second-order valence-corrected chi connectivity index (χ2v) is 5.81. The number of aromatic nitrogens is 2. The van der Waals surface area contributed by atoms with Gasteiger partial charge < -0.3 is 20.1 Å². The lowest BCUT2D eigenvalue weighted by molar-refractivity contribution is 0.0949. The summed E-state index contributed by atoms with van der Waals surface area (Å²) in [6.07, 6.45) is 1.66. The number of anilines is 1. The zero-order chi connectivity index (χ0) is 18.9. The molecule has 2 aromatic rings. The first-order valence-corrected chi connectivity index (χ1v) is 8.66. The first kappa shape index (κ1) is 19.5. The van der Waals surface area contributed by atoms with Crippen molar-refractivity contribution in [2.45, 2.75) is 26.7 Å². The van der Waals surface area contributed by atoms with Crippen molar-refractivity contribution in [3.05, 3.63) is 41.3 Å². The third-order valence-corrected chi connectivity index (χ3v) is 3.77. The van der Waals surface area contributed by atoms with E-state index >= 15 is 0 Å². The fourth-order valence-electron chi connectivity index (χ4n) is 2.47. The van der Waals surface area contributed by atoms with E-state index in [0.717, 1.165) is 18.5 Å². The topological polar surface area (TPSA) is 85.4 Å². The number of nitrogens with one attached hydrogen (secondary N) is 2. The van der Waals surface area contributed by atoms with Crippen LogP contribution >= 0.6 is 0 Å². The van der Waals surface area contributed by atoms with Crippen LogP contribution in [0.5, 0.6) is 11.5 Å². The summed E-state index contributed by atoms with van der Waals surface area (Å²) in [5.41, 5.74) is 1.41. The molecule has 0 atom stereocenters. The van der Waals surface area contributed by atoms with Crippen molar-refractivity contribution in [3.8, 4) is 11.5 Å². The van der Waals surface area contributed by atoms with Gasteiger partial charge in [-0.15, -0.1) is 0 Å². The van der Waals surface area contributed by atoms with Crippen LogP contribution in [0.3, 0.4) is 0 Å². The molecular formula is C19H26N4O3. The zero-order valence-corrected chi connectivity index (χ0v) is 15.8. The summed E-state index contributed by atoms with van der Waals surface area (Å²) in [4.78, 5) is 20.9. The Balaban J connectivity index is 1.95. The van der Waals surface area contributed by atoms with Crippen LogP contribution in [0.15, 0.2) is 24.3 Å². The van der Waals surface area contributed by atoms with Gasteiger partial charge in [-0.3, -0.25) is 4.79 Å². The third kappa shape index (κ3) is 5.34. The molecule has 26 heavy (non-hydrogen) atoms. The average molecular weight is 358 g/mol. The first-order chi connectivity index (χ1) is 12.6. The van der Waals surface area contributed by atoms with E-state index in [9.17, 15) is 4.79 Å². The summed E-state index contributed by atoms with van der Waals surface area (Å²) >= 11 is 0. The highest BCUT2D eigenvalue weighted by molar-refractivity contribution is 5.92. The Bertz CT molecular complexity index is 750. The molecule has 1 aromatic heterocycles. The van der Waals surface area contributed by atoms with E-state index in [1.807, 2.05) is 18.2 Å².